The molecule has 0 spiro atoms. The number of rotatable bonds is 6. The zero-order chi connectivity index (χ0) is 18.4. The minimum absolute atomic E-state index is 0.223. The number of carbonyl (C=O) groups is 1. The van der Waals surface area contributed by atoms with Crippen LogP contribution < -0.4 is 15.4 Å². The summed E-state index contributed by atoms with van der Waals surface area (Å²) in [4.78, 5) is 20.7. The van der Waals surface area contributed by atoms with Crippen molar-refractivity contribution in [2.45, 2.75) is 6.92 Å². The first-order chi connectivity index (χ1) is 12.7. The van der Waals surface area contributed by atoms with Crippen LogP contribution in [0.25, 0.3) is 0 Å². The largest absolute Gasteiger partial charge is 0.492 e. The van der Waals surface area contributed by atoms with Gasteiger partial charge >= 0.3 is 0 Å². The molecule has 0 atom stereocenters. The Labute approximate surface area is 156 Å². The fourth-order valence-electron chi connectivity index (χ4n) is 2.29. The first-order valence-corrected chi connectivity index (χ1v) is 8.42. The maximum absolute atomic E-state index is 12.5. The summed E-state index contributed by atoms with van der Waals surface area (Å²) in [5, 5.41) is 6.44. The number of hydrogen-bond donors (Lipinski definition) is 2. The first-order valence-electron chi connectivity index (χ1n) is 8.04. The Morgan fingerprint density at radius 3 is 2.58 bits per heavy atom. The molecular weight excluding hydrogens is 352 g/mol. The number of halogens is 1. The Hall–Kier alpha value is -3.12. The summed E-state index contributed by atoms with van der Waals surface area (Å²) in [6, 6.07) is 16.1. The van der Waals surface area contributed by atoms with Crippen molar-refractivity contribution in [1.29, 1.82) is 0 Å². The Morgan fingerprint density at radius 1 is 1.08 bits per heavy atom. The van der Waals surface area contributed by atoms with Gasteiger partial charge in [0, 0.05) is 6.07 Å². The molecule has 7 heteroatoms. The molecule has 2 N–H and O–H groups in total. The smallest absolute Gasteiger partial charge is 0.274 e. The van der Waals surface area contributed by atoms with Crippen LogP contribution in [0.15, 0.2) is 60.9 Å². The molecule has 0 aliphatic carbocycles. The van der Waals surface area contributed by atoms with Gasteiger partial charge in [-0.3, -0.25) is 4.79 Å². The van der Waals surface area contributed by atoms with Crippen molar-refractivity contribution in [3.8, 4) is 5.75 Å². The molecule has 0 unspecified atom stereocenters. The van der Waals surface area contributed by atoms with Crippen LogP contribution in [-0.2, 0) is 0 Å². The van der Waals surface area contributed by atoms with E-state index in [-0.39, 0.29) is 11.6 Å². The van der Waals surface area contributed by atoms with Gasteiger partial charge in [-0.2, -0.15) is 0 Å². The lowest BCUT2D eigenvalue weighted by molar-refractivity contribution is 0.102. The van der Waals surface area contributed by atoms with E-state index in [1.807, 2.05) is 37.3 Å². The van der Waals surface area contributed by atoms with Crippen molar-refractivity contribution in [2.75, 3.05) is 17.2 Å². The average Bonchev–Trinajstić information content (AvgIpc) is 2.66. The predicted octanol–water partition coefficient (Wildman–Crippen LogP) is 4.52. The molecule has 0 aliphatic heterocycles. The molecule has 3 rings (SSSR count). The van der Waals surface area contributed by atoms with Crippen molar-refractivity contribution in [3.63, 3.8) is 0 Å². The number of aromatic nitrogens is 2. The molecule has 0 bridgehead atoms. The van der Waals surface area contributed by atoms with E-state index in [4.69, 9.17) is 16.3 Å². The highest BCUT2D eigenvalue weighted by Gasteiger charge is 2.12. The molecule has 132 valence electrons. The van der Waals surface area contributed by atoms with Gasteiger partial charge in [0.1, 0.15) is 23.6 Å². The van der Waals surface area contributed by atoms with Crippen molar-refractivity contribution in [2.24, 2.45) is 0 Å². The van der Waals surface area contributed by atoms with Gasteiger partial charge < -0.3 is 15.4 Å². The fourth-order valence-corrected chi connectivity index (χ4v) is 2.47. The summed E-state index contributed by atoms with van der Waals surface area (Å²) in [7, 11) is 0. The molecule has 1 heterocycles. The van der Waals surface area contributed by atoms with Crippen LogP contribution in [0.1, 0.15) is 17.4 Å². The van der Waals surface area contributed by atoms with Gasteiger partial charge in [0.2, 0.25) is 0 Å². The number of hydrogen-bond acceptors (Lipinski definition) is 5. The van der Waals surface area contributed by atoms with Gasteiger partial charge in [-0.05, 0) is 31.2 Å². The second-order valence-corrected chi connectivity index (χ2v) is 5.68. The van der Waals surface area contributed by atoms with Crippen LogP contribution in [-0.4, -0.2) is 22.5 Å². The maximum atomic E-state index is 12.5. The lowest BCUT2D eigenvalue weighted by Crippen LogP contribution is -2.15. The molecule has 1 amide bonds. The van der Waals surface area contributed by atoms with Crippen molar-refractivity contribution in [3.05, 3.63) is 71.6 Å². The molecular formula is C19H17ClN4O2. The minimum Gasteiger partial charge on any atom is -0.492 e. The molecule has 0 saturated heterocycles. The third kappa shape index (κ3) is 4.29. The molecule has 0 aliphatic rings. The van der Waals surface area contributed by atoms with Gasteiger partial charge in [-0.1, -0.05) is 35.9 Å². The first kappa shape index (κ1) is 17.7. The number of benzene rings is 2. The van der Waals surface area contributed by atoms with Gasteiger partial charge in [-0.15, -0.1) is 0 Å². The SMILES string of the molecule is CCOc1ccccc1NC(=O)c1cc(Nc2ccccc2Cl)ncn1. The number of para-hydroxylation sites is 3. The van der Waals surface area contributed by atoms with Crippen LogP contribution >= 0.6 is 11.6 Å². The summed E-state index contributed by atoms with van der Waals surface area (Å²) in [6.07, 6.45) is 1.32. The van der Waals surface area contributed by atoms with E-state index in [2.05, 4.69) is 20.6 Å². The molecule has 1 aromatic heterocycles. The summed E-state index contributed by atoms with van der Waals surface area (Å²) < 4.78 is 5.52. The highest BCUT2D eigenvalue weighted by Crippen LogP contribution is 2.25. The fraction of sp³-hybridized carbons (Fsp3) is 0.105. The predicted molar refractivity (Wildman–Crippen MR) is 102 cm³/mol. The van der Waals surface area contributed by atoms with Crippen LogP contribution in [0, 0.1) is 0 Å². The van der Waals surface area contributed by atoms with E-state index in [9.17, 15) is 4.79 Å². The van der Waals surface area contributed by atoms with E-state index in [0.29, 0.717) is 34.6 Å². The highest BCUT2D eigenvalue weighted by atomic mass is 35.5. The van der Waals surface area contributed by atoms with Crippen LogP contribution in [0.2, 0.25) is 5.02 Å². The Morgan fingerprint density at radius 2 is 1.81 bits per heavy atom. The summed E-state index contributed by atoms with van der Waals surface area (Å²) in [5.41, 5.74) is 1.50. The van der Waals surface area contributed by atoms with Crippen molar-refractivity contribution in [1.82, 2.24) is 9.97 Å². The Kier molecular flexibility index (Phi) is 5.66. The number of carbonyl (C=O) groups excluding carboxylic acids is 1. The second-order valence-electron chi connectivity index (χ2n) is 5.28. The monoisotopic (exact) mass is 368 g/mol. The standard InChI is InChI=1S/C19H17ClN4O2/c1-2-26-17-10-6-5-9-15(17)24-19(25)16-11-18(22-12-21-16)23-14-8-4-3-7-13(14)20/h3-12H,2H2,1H3,(H,24,25)(H,21,22,23). The summed E-state index contributed by atoms with van der Waals surface area (Å²) in [6.45, 7) is 2.39. The summed E-state index contributed by atoms with van der Waals surface area (Å²) in [5.74, 6) is 0.713. The van der Waals surface area contributed by atoms with Gasteiger partial charge in [0.05, 0.1) is 23.0 Å². The van der Waals surface area contributed by atoms with E-state index in [1.54, 1.807) is 24.3 Å². The molecule has 0 radical (unpaired) electrons. The third-order valence-corrected chi connectivity index (χ3v) is 3.80. The normalized spacial score (nSPS) is 10.2. The number of anilines is 3. The van der Waals surface area contributed by atoms with Crippen LogP contribution in [0.4, 0.5) is 17.2 Å². The van der Waals surface area contributed by atoms with Crippen LogP contribution in [0.3, 0.4) is 0 Å². The molecule has 3 aromatic rings. The molecule has 26 heavy (non-hydrogen) atoms. The Bertz CT molecular complexity index is 917. The zero-order valence-electron chi connectivity index (χ0n) is 14.1. The average molecular weight is 369 g/mol. The Balaban J connectivity index is 1.78. The number of nitrogens with one attached hydrogen (secondary N) is 2. The molecule has 6 nitrogen and oxygen atoms in total. The van der Waals surface area contributed by atoms with Gasteiger partial charge in [-0.25, -0.2) is 9.97 Å². The minimum atomic E-state index is -0.359. The van der Waals surface area contributed by atoms with Gasteiger partial charge in [0.15, 0.2) is 0 Å². The summed E-state index contributed by atoms with van der Waals surface area (Å²) >= 11 is 6.13. The molecule has 0 fully saturated rings. The second kappa shape index (κ2) is 8.31. The highest BCUT2D eigenvalue weighted by molar-refractivity contribution is 6.33. The molecule has 2 aromatic carbocycles. The number of nitrogens with zero attached hydrogens (tertiary/aromatic N) is 2. The zero-order valence-corrected chi connectivity index (χ0v) is 14.8. The molecule has 0 saturated carbocycles. The number of amides is 1. The van der Waals surface area contributed by atoms with E-state index in [0.717, 1.165) is 0 Å². The maximum Gasteiger partial charge on any atom is 0.274 e. The number of ether oxygens (including phenoxy) is 1. The quantitative estimate of drug-likeness (QED) is 0.668. The van der Waals surface area contributed by atoms with E-state index in [1.165, 1.54) is 6.33 Å². The third-order valence-electron chi connectivity index (χ3n) is 3.47. The lowest BCUT2D eigenvalue weighted by Gasteiger charge is -2.11. The van der Waals surface area contributed by atoms with Gasteiger partial charge in [0.25, 0.3) is 5.91 Å². The lowest BCUT2D eigenvalue weighted by atomic mass is 10.2. The van der Waals surface area contributed by atoms with Crippen LogP contribution in [0.5, 0.6) is 5.75 Å². The van der Waals surface area contributed by atoms with Crippen molar-refractivity contribution < 1.29 is 9.53 Å². The van der Waals surface area contributed by atoms with Crippen molar-refractivity contribution >= 4 is 34.7 Å². The topological polar surface area (TPSA) is 76.1 Å². The van der Waals surface area contributed by atoms with E-state index >= 15 is 0 Å². The van der Waals surface area contributed by atoms with E-state index < -0.39 is 0 Å².